The Morgan fingerprint density at radius 3 is 2.19 bits per heavy atom. The predicted molar refractivity (Wildman–Crippen MR) is 114 cm³/mol. The average Bonchev–Trinajstić information content (AvgIpc) is 2.74. The molecule has 0 N–H and O–H groups in total. The Hall–Kier alpha value is -4.05. The van der Waals surface area contributed by atoms with E-state index >= 15 is 0 Å². The number of fused-ring (bicyclic) bond motifs is 1. The molecule has 2 aromatic carbocycles. The molecule has 0 saturated carbocycles. The highest BCUT2D eigenvalue weighted by Crippen LogP contribution is 2.19. The van der Waals surface area contributed by atoms with Crippen LogP contribution in [0.15, 0.2) is 70.4 Å². The zero-order valence-corrected chi connectivity index (χ0v) is 16.8. The van der Waals surface area contributed by atoms with Gasteiger partial charge in [-0.3, -0.25) is 9.36 Å². The fourth-order valence-electron chi connectivity index (χ4n) is 3.34. The van der Waals surface area contributed by atoms with Crippen LogP contribution in [-0.2, 0) is 0 Å². The van der Waals surface area contributed by atoms with E-state index in [0.29, 0.717) is 10.1 Å². The van der Waals surface area contributed by atoms with Crippen LogP contribution in [0.2, 0.25) is 0 Å². The first-order valence-electron chi connectivity index (χ1n) is 9.57. The smallest absolute Gasteiger partial charge is 0.274 e. The summed E-state index contributed by atoms with van der Waals surface area (Å²) in [5.74, 6) is 3.40. The standard InChI is InChI=1S/C24H17F2N3O2/c1-15(2)28-22-18(9-6-12-27-22)23(30)29(24(28)31)21-19(25)13-17(14-20(21)26)11-10-16-7-4-3-5-8-16/h3-9,12-15H,1-2H3. The highest BCUT2D eigenvalue weighted by atomic mass is 19.1. The molecule has 0 unspecified atom stereocenters. The summed E-state index contributed by atoms with van der Waals surface area (Å²) >= 11 is 0. The maximum Gasteiger partial charge on any atom is 0.337 e. The molecule has 0 radical (unpaired) electrons. The van der Waals surface area contributed by atoms with Crippen molar-refractivity contribution < 1.29 is 8.78 Å². The molecule has 0 aliphatic carbocycles. The molecule has 0 atom stereocenters. The lowest BCUT2D eigenvalue weighted by Gasteiger charge is -2.16. The van der Waals surface area contributed by atoms with E-state index < -0.39 is 28.6 Å². The minimum Gasteiger partial charge on any atom is -0.274 e. The zero-order valence-electron chi connectivity index (χ0n) is 16.8. The van der Waals surface area contributed by atoms with Gasteiger partial charge < -0.3 is 0 Å². The summed E-state index contributed by atoms with van der Waals surface area (Å²) < 4.78 is 31.7. The first kappa shape index (κ1) is 20.2. The highest BCUT2D eigenvalue weighted by molar-refractivity contribution is 5.74. The van der Waals surface area contributed by atoms with Crippen LogP contribution in [0.3, 0.4) is 0 Å². The Balaban J connectivity index is 1.95. The largest absolute Gasteiger partial charge is 0.337 e. The van der Waals surface area contributed by atoms with E-state index in [1.54, 1.807) is 38.1 Å². The zero-order chi connectivity index (χ0) is 22.1. The topological polar surface area (TPSA) is 56.9 Å². The SMILES string of the molecule is CC(C)n1c(=O)n(-c2c(F)cc(C#Cc3ccccc3)cc2F)c(=O)c2cccnc21. The van der Waals surface area contributed by atoms with Gasteiger partial charge in [0.05, 0.1) is 5.39 Å². The number of nitrogens with zero attached hydrogens (tertiary/aromatic N) is 3. The summed E-state index contributed by atoms with van der Waals surface area (Å²) in [6, 6.07) is 13.6. The van der Waals surface area contributed by atoms with Crippen LogP contribution in [0.5, 0.6) is 0 Å². The summed E-state index contributed by atoms with van der Waals surface area (Å²) in [4.78, 5) is 30.2. The Labute approximate surface area is 176 Å². The van der Waals surface area contributed by atoms with Gasteiger partial charge in [-0.2, -0.15) is 0 Å². The van der Waals surface area contributed by atoms with Crippen molar-refractivity contribution >= 4 is 11.0 Å². The molecule has 0 saturated heterocycles. The van der Waals surface area contributed by atoms with Gasteiger partial charge in [0.1, 0.15) is 11.3 Å². The van der Waals surface area contributed by atoms with Crippen LogP contribution in [0.1, 0.15) is 31.0 Å². The van der Waals surface area contributed by atoms with E-state index in [0.717, 1.165) is 12.1 Å². The number of pyridine rings is 1. The Kier molecular flexibility index (Phi) is 5.22. The van der Waals surface area contributed by atoms with Crippen LogP contribution in [0, 0.1) is 23.5 Å². The molecule has 0 fully saturated rings. The van der Waals surface area contributed by atoms with Gasteiger partial charge >= 0.3 is 5.69 Å². The minimum atomic E-state index is -1.06. The summed E-state index contributed by atoms with van der Waals surface area (Å²) in [5, 5.41) is 0.0857. The van der Waals surface area contributed by atoms with Gasteiger partial charge in [-0.05, 0) is 50.2 Å². The Bertz CT molecular complexity index is 1450. The van der Waals surface area contributed by atoms with Crippen molar-refractivity contribution in [1.29, 1.82) is 0 Å². The van der Waals surface area contributed by atoms with E-state index in [4.69, 9.17) is 0 Å². The van der Waals surface area contributed by atoms with Gasteiger partial charge in [0.2, 0.25) is 0 Å². The average molecular weight is 417 g/mol. The molecule has 0 amide bonds. The van der Waals surface area contributed by atoms with Gasteiger partial charge in [-0.1, -0.05) is 30.0 Å². The molecule has 31 heavy (non-hydrogen) atoms. The summed E-state index contributed by atoms with van der Waals surface area (Å²) in [7, 11) is 0. The van der Waals surface area contributed by atoms with Gasteiger partial charge in [0, 0.05) is 23.4 Å². The van der Waals surface area contributed by atoms with Gasteiger partial charge in [-0.25, -0.2) is 23.1 Å². The maximum absolute atomic E-state index is 15.0. The molecular weight excluding hydrogens is 400 g/mol. The first-order valence-corrected chi connectivity index (χ1v) is 9.57. The second-order valence-corrected chi connectivity index (χ2v) is 7.17. The molecule has 7 heteroatoms. The van der Waals surface area contributed by atoms with Crippen LogP contribution >= 0.6 is 0 Å². The van der Waals surface area contributed by atoms with E-state index in [1.807, 2.05) is 6.07 Å². The van der Waals surface area contributed by atoms with E-state index in [1.165, 1.54) is 22.9 Å². The van der Waals surface area contributed by atoms with E-state index in [9.17, 15) is 18.4 Å². The van der Waals surface area contributed by atoms with E-state index in [-0.39, 0.29) is 22.6 Å². The molecule has 0 aliphatic rings. The Morgan fingerprint density at radius 2 is 1.55 bits per heavy atom. The molecule has 5 nitrogen and oxygen atoms in total. The van der Waals surface area contributed by atoms with Crippen LogP contribution in [-0.4, -0.2) is 14.1 Å². The number of rotatable bonds is 2. The monoisotopic (exact) mass is 417 g/mol. The Morgan fingerprint density at radius 1 is 0.903 bits per heavy atom. The number of benzene rings is 2. The lowest BCUT2D eigenvalue weighted by Crippen LogP contribution is -2.40. The quantitative estimate of drug-likeness (QED) is 0.466. The molecular formula is C24H17F2N3O2. The predicted octanol–water partition coefficient (Wildman–Crippen LogP) is 3.81. The molecule has 4 rings (SSSR count). The number of aromatic nitrogens is 3. The first-order chi connectivity index (χ1) is 14.9. The summed E-state index contributed by atoms with van der Waals surface area (Å²) in [5.41, 5.74) is -1.51. The number of hydrogen-bond acceptors (Lipinski definition) is 3. The summed E-state index contributed by atoms with van der Waals surface area (Å²) in [6.07, 6.45) is 1.45. The van der Waals surface area contributed by atoms with Crippen LogP contribution < -0.4 is 11.2 Å². The highest BCUT2D eigenvalue weighted by Gasteiger charge is 2.22. The molecule has 0 bridgehead atoms. The number of hydrogen-bond donors (Lipinski definition) is 0. The van der Waals surface area contributed by atoms with Crippen molar-refractivity contribution in [2.45, 2.75) is 19.9 Å². The van der Waals surface area contributed by atoms with Crippen molar-refractivity contribution in [1.82, 2.24) is 14.1 Å². The van der Waals surface area contributed by atoms with Crippen molar-refractivity contribution in [2.24, 2.45) is 0 Å². The van der Waals surface area contributed by atoms with Crippen molar-refractivity contribution in [3.63, 3.8) is 0 Å². The van der Waals surface area contributed by atoms with Crippen LogP contribution in [0.25, 0.3) is 16.7 Å². The van der Waals surface area contributed by atoms with Crippen LogP contribution in [0.4, 0.5) is 8.78 Å². The van der Waals surface area contributed by atoms with Crippen molar-refractivity contribution in [2.75, 3.05) is 0 Å². The second-order valence-electron chi connectivity index (χ2n) is 7.17. The molecule has 2 heterocycles. The summed E-state index contributed by atoms with van der Waals surface area (Å²) in [6.45, 7) is 3.44. The third kappa shape index (κ3) is 3.64. The van der Waals surface area contributed by atoms with Gasteiger partial charge in [0.15, 0.2) is 11.6 Å². The third-order valence-electron chi connectivity index (χ3n) is 4.73. The lowest BCUT2D eigenvalue weighted by atomic mass is 10.1. The van der Waals surface area contributed by atoms with Gasteiger partial charge in [0.25, 0.3) is 5.56 Å². The fourth-order valence-corrected chi connectivity index (χ4v) is 3.34. The van der Waals surface area contributed by atoms with Crippen molar-refractivity contribution in [3.8, 4) is 17.5 Å². The lowest BCUT2D eigenvalue weighted by molar-refractivity contribution is 0.533. The second kappa shape index (κ2) is 8.00. The maximum atomic E-state index is 15.0. The van der Waals surface area contributed by atoms with Gasteiger partial charge in [-0.15, -0.1) is 0 Å². The molecule has 2 aromatic heterocycles. The van der Waals surface area contributed by atoms with E-state index in [2.05, 4.69) is 16.8 Å². The fraction of sp³-hybridized carbons (Fsp3) is 0.125. The molecule has 4 aromatic rings. The number of halogens is 2. The third-order valence-corrected chi connectivity index (χ3v) is 4.73. The normalized spacial score (nSPS) is 10.9. The molecule has 154 valence electrons. The van der Waals surface area contributed by atoms with Crippen molar-refractivity contribution in [3.05, 3.63) is 104 Å². The molecule has 0 spiro atoms. The minimum absolute atomic E-state index is 0.0855. The molecule has 0 aliphatic heterocycles.